The van der Waals surface area contributed by atoms with Crippen LogP contribution in [0.15, 0.2) is 18.5 Å². The summed E-state index contributed by atoms with van der Waals surface area (Å²) in [6.07, 6.45) is 4.37. The van der Waals surface area contributed by atoms with Gasteiger partial charge < -0.3 is 5.32 Å². The molecule has 0 saturated carbocycles. The number of rotatable bonds is 4. The maximum Gasteiger partial charge on any atom is 0.150 e. The molecular weight excluding hydrogens is 248 g/mol. The fourth-order valence-electron chi connectivity index (χ4n) is 2.64. The minimum atomic E-state index is -2.84. The zero-order valence-electron chi connectivity index (χ0n) is 10.9. The number of hydrogen-bond acceptors (Lipinski definition) is 4. The van der Waals surface area contributed by atoms with Gasteiger partial charge in [-0.2, -0.15) is 0 Å². The number of aryl methyl sites for hydroxylation is 1. The van der Waals surface area contributed by atoms with Crippen molar-refractivity contribution in [2.24, 2.45) is 5.92 Å². The first-order valence-corrected chi connectivity index (χ1v) is 8.20. The lowest BCUT2D eigenvalue weighted by molar-refractivity contribution is 0.398. The Balaban J connectivity index is 2.27. The summed E-state index contributed by atoms with van der Waals surface area (Å²) in [5, 5.41) is 3.42. The molecule has 18 heavy (non-hydrogen) atoms. The lowest BCUT2D eigenvalue weighted by Crippen LogP contribution is -2.29. The summed E-state index contributed by atoms with van der Waals surface area (Å²) >= 11 is 0. The first-order valence-electron chi connectivity index (χ1n) is 6.38. The summed E-state index contributed by atoms with van der Waals surface area (Å²) < 4.78 is 23.2. The van der Waals surface area contributed by atoms with Crippen LogP contribution in [0, 0.1) is 12.8 Å². The molecule has 1 aromatic heterocycles. The Labute approximate surface area is 109 Å². The second-order valence-corrected chi connectivity index (χ2v) is 7.16. The number of sulfone groups is 1. The summed E-state index contributed by atoms with van der Waals surface area (Å²) in [6.45, 7) is 4.92. The van der Waals surface area contributed by atoms with Gasteiger partial charge in [0.15, 0.2) is 9.84 Å². The van der Waals surface area contributed by atoms with E-state index in [2.05, 4.69) is 10.3 Å². The average Bonchev–Trinajstić information content (AvgIpc) is 2.68. The summed E-state index contributed by atoms with van der Waals surface area (Å²) in [4.78, 5) is 4.17. The van der Waals surface area contributed by atoms with Crippen molar-refractivity contribution < 1.29 is 8.42 Å². The summed E-state index contributed by atoms with van der Waals surface area (Å²) in [7, 11) is -2.84. The van der Waals surface area contributed by atoms with Gasteiger partial charge in [-0.3, -0.25) is 4.98 Å². The highest BCUT2D eigenvalue weighted by Gasteiger charge is 2.34. The lowest BCUT2D eigenvalue weighted by Gasteiger charge is -2.25. The van der Waals surface area contributed by atoms with E-state index in [9.17, 15) is 8.42 Å². The smallest absolute Gasteiger partial charge is 0.150 e. The van der Waals surface area contributed by atoms with Crippen LogP contribution in [-0.2, 0) is 9.84 Å². The van der Waals surface area contributed by atoms with Crippen LogP contribution in [0.3, 0.4) is 0 Å². The quantitative estimate of drug-likeness (QED) is 0.898. The third kappa shape index (κ3) is 2.90. The Hall–Kier alpha value is -0.940. The molecule has 0 spiro atoms. The minimum Gasteiger partial charge on any atom is -0.310 e. The molecule has 2 atom stereocenters. The summed E-state index contributed by atoms with van der Waals surface area (Å²) in [6, 6.07) is 2.07. The number of pyridine rings is 1. The van der Waals surface area contributed by atoms with E-state index < -0.39 is 9.84 Å². The zero-order chi connectivity index (χ0) is 13.2. The molecule has 100 valence electrons. The summed E-state index contributed by atoms with van der Waals surface area (Å²) in [5.41, 5.74) is 2.29. The third-order valence-corrected chi connectivity index (χ3v) is 5.37. The van der Waals surface area contributed by atoms with Crippen LogP contribution < -0.4 is 5.32 Å². The van der Waals surface area contributed by atoms with Crippen molar-refractivity contribution in [3.8, 4) is 0 Å². The maximum absolute atomic E-state index is 11.6. The molecule has 0 amide bonds. The number of nitrogens with one attached hydrogen (secondary N) is 1. The predicted octanol–water partition coefficient (Wildman–Crippen LogP) is 1.48. The van der Waals surface area contributed by atoms with Crippen molar-refractivity contribution in [2.45, 2.75) is 26.3 Å². The first-order chi connectivity index (χ1) is 8.53. The lowest BCUT2D eigenvalue weighted by atomic mass is 9.91. The van der Waals surface area contributed by atoms with Crippen LogP contribution in [0.5, 0.6) is 0 Å². The van der Waals surface area contributed by atoms with E-state index in [0.29, 0.717) is 11.5 Å². The average molecular weight is 268 g/mol. The van der Waals surface area contributed by atoms with Crippen LogP contribution in [0.25, 0.3) is 0 Å². The SMILES string of the molecule is CCNC(c1cnccc1C)C1CCS(=O)(=O)C1. The van der Waals surface area contributed by atoms with E-state index in [1.807, 2.05) is 26.1 Å². The van der Waals surface area contributed by atoms with Crippen molar-refractivity contribution >= 4 is 9.84 Å². The fourth-order valence-corrected chi connectivity index (χ4v) is 4.48. The second kappa shape index (κ2) is 5.36. The fraction of sp³-hybridized carbons (Fsp3) is 0.615. The molecule has 1 saturated heterocycles. The van der Waals surface area contributed by atoms with Gasteiger partial charge in [0.1, 0.15) is 0 Å². The molecule has 0 aliphatic carbocycles. The first kappa shape index (κ1) is 13.5. The number of hydrogen-bond donors (Lipinski definition) is 1. The van der Waals surface area contributed by atoms with Crippen LogP contribution in [0.1, 0.15) is 30.5 Å². The monoisotopic (exact) mass is 268 g/mol. The van der Waals surface area contributed by atoms with Crippen LogP contribution in [0.2, 0.25) is 0 Å². The van der Waals surface area contributed by atoms with Gasteiger partial charge in [-0.25, -0.2) is 8.42 Å². The van der Waals surface area contributed by atoms with Crippen molar-refractivity contribution in [1.29, 1.82) is 0 Å². The van der Waals surface area contributed by atoms with Gasteiger partial charge in [0.25, 0.3) is 0 Å². The number of nitrogens with zero attached hydrogens (tertiary/aromatic N) is 1. The van der Waals surface area contributed by atoms with Gasteiger partial charge >= 0.3 is 0 Å². The number of aromatic nitrogens is 1. The predicted molar refractivity (Wildman–Crippen MR) is 72.2 cm³/mol. The van der Waals surface area contributed by atoms with Gasteiger partial charge in [-0.15, -0.1) is 0 Å². The minimum absolute atomic E-state index is 0.0981. The molecule has 1 aliphatic heterocycles. The molecule has 1 aromatic rings. The normalized spacial score (nSPS) is 24.0. The Kier molecular flexibility index (Phi) is 4.02. The van der Waals surface area contributed by atoms with Crippen molar-refractivity contribution in [1.82, 2.24) is 10.3 Å². The topological polar surface area (TPSA) is 59.1 Å². The van der Waals surface area contributed by atoms with Gasteiger partial charge in [-0.05, 0) is 43.0 Å². The molecule has 4 nitrogen and oxygen atoms in total. The third-order valence-electron chi connectivity index (χ3n) is 3.58. The Morgan fingerprint density at radius 1 is 1.56 bits per heavy atom. The highest BCUT2D eigenvalue weighted by molar-refractivity contribution is 7.91. The van der Waals surface area contributed by atoms with Crippen molar-refractivity contribution in [2.75, 3.05) is 18.1 Å². The molecule has 1 aliphatic rings. The van der Waals surface area contributed by atoms with Gasteiger partial charge in [-0.1, -0.05) is 6.92 Å². The molecule has 0 aromatic carbocycles. The van der Waals surface area contributed by atoms with Crippen LogP contribution in [-0.4, -0.2) is 31.5 Å². The standard InChI is InChI=1S/C13H20N2O2S/c1-3-15-13(11-5-7-18(16,17)9-11)12-8-14-6-4-10(12)2/h4,6,8,11,13,15H,3,5,7,9H2,1-2H3. The summed E-state index contributed by atoms with van der Waals surface area (Å²) in [5.74, 6) is 0.774. The van der Waals surface area contributed by atoms with E-state index >= 15 is 0 Å². The molecule has 1 N–H and O–H groups in total. The van der Waals surface area contributed by atoms with E-state index in [0.717, 1.165) is 18.5 Å². The Morgan fingerprint density at radius 3 is 2.89 bits per heavy atom. The molecule has 0 radical (unpaired) electrons. The highest BCUT2D eigenvalue weighted by Crippen LogP contribution is 2.32. The Morgan fingerprint density at radius 2 is 2.33 bits per heavy atom. The molecule has 0 bridgehead atoms. The zero-order valence-corrected chi connectivity index (χ0v) is 11.7. The van der Waals surface area contributed by atoms with Gasteiger partial charge in [0, 0.05) is 18.4 Å². The van der Waals surface area contributed by atoms with E-state index in [1.165, 1.54) is 5.56 Å². The van der Waals surface area contributed by atoms with Gasteiger partial charge in [0.2, 0.25) is 0 Å². The molecule has 2 unspecified atom stereocenters. The molecule has 2 heterocycles. The van der Waals surface area contributed by atoms with Crippen molar-refractivity contribution in [3.05, 3.63) is 29.6 Å². The highest BCUT2D eigenvalue weighted by atomic mass is 32.2. The van der Waals surface area contributed by atoms with E-state index in [-0.39, 0.29) is 12.0 Å². The van der Waals surface area contributed by atoms with Gasteiger partial charge in [0.05, 0.1) is 11.5 Å². The molecule has 2 rings (SSSR count). The van der Waals surface area contributed by atoms with Crippen LogP contribution >= 0.6 is 0 Å². The second-order valence-electron chi connectivity index (χ2n) is 4.93. The molecule has 5 heteroatoms. The Bertz CT molecular complexity index is 513. The maximum atomic E-state index is 11.6. The molecular formula is C13H20N2O2S. The molecule has 1 fully saturated rings. The largest absolute Gasteiger partial charge is 0.310 e. The van der Waals surface area contributed by atoms with E-state index in [1.54, 1.807) is 6.20 Å². The van der Waals surface area contributed by atoms with E-state index in [4.69, 9.17) is 0 Å². The van der Waals surface area contributed by atoms with Crippen LogP contribution in [0.4, 0.5) is 0 Å². The van der Waals surface area contributed by atoms with Crippen molar-refractivity contribution in [3.63, 3.8) is 0 Å².